The molecule has 0 saturated heterocycles. The van der Waals surface area contributed by atoms with Crippen LogP contribution in [0.5, 0.6) is 0 Å². The first-order chi connectivity index (χ1) is 19.6. The lowest BCUT2D eigenvalue weighted by atomic mass is 9.95. The van der Waals surface area contributed by atoms with Crippen LogP contribution >= 0.6 is 0 Å². The largest absolute Gasteiger partial charge is 0.352 e. The number of nitrogens with one attached hydrogen (secondary N) is 1. The quantitative estimate of drug-likeness (QED) is 0.337. The van der Waals surface area contributed by atoms with Crippen LogP contribution in [0, 0.1) is 20.8 Å². The van der Waals surface area contributed by atoms with Crippen LogP contribution in [0.3, 0.4) is 0 Å². The summed E-state index contributed by atoms with van der Waals surface area (Å²) in [6, 6.07) is 20.7. The average molecular weight is 576 g/mol. The summed E-state index contributed by atoms with van der Waals surface area (Å²) in [5.41, 5.74) is 4.10. The maximum atomic E-state index is 14.1. The van der Waals surface area contributed by atoms with Crippen molar-refractivity contribution in [3.05, 3.63) is 95.1 Å². The van der Waals surface area contributed by atoms with Gasteiger partial charge in [0.15, 0.2) is 0 Å². The summed E-state index contributed by atoms with van der Waals surface area (Å²) in [6.07, 6.45) is 5.19. The smallest absolute Gasteiger partial charge is 0.264 e. The third-order valence-electron chi connectivity index (χ3n) is 7.90. The number of hydrogen-bond acceptors (Lipinski definition) is 4. The van der Waals surface area contributed by atoms with Crippen LogP contribution < -0.4 is 9.62 Å². The molecule has 0 aromatic heterocycles. The molecule has 7 nitrogen and oxygen atoms in total. The fraction of sp³-hybridized carbons (Fsp3) is 0.394. The zero-order valence-electron chi connectivity index (χ0n) is 24.5. The van der Waals surface area contributed by atoms with Gasteiger partial charge in [-0.3, -0.25) is 13.9 Å². The normalized spacial score (nSPS) is 14.7. The molecule has 1 aliphatic rings. The zero-order valence-corrected chi connectivity index (χ0v) is 25.3. The van der Waals surface area contributed by atoms with Gasteiger partial charge in [0.05, 0.1) is 10.6 Å². The lowest BCUT2D eigenvalue weighted by molar-refractivity contribution is -0.139. The Hall–Kier alpha value is -3.65. The molecule has 8 heteroatoms. The lowest BCUT2D eigenvalue weighted by Gasteiger charge is -2.33. The first-order valence-electron chi connectivity index (χ1n) is 14.4. The van der Waals surface area contributed by atoms with E-state index in [4.69, 9.17) is 0 Å². The van der Waals surface area contributed by atoms with Gasteiger partial charge in [0.1, 0.15) is 12.6 Å². The van der Waals surface area contributed by atoms with E-state index in [1.165, 1.54) is 11.3 Å². The molecule has 41 heavy (non-hydrogen) atoms. The molecule has 1 saturated carbocycles. The Bertz CT molecular complexity index is 1460. The minimum atomic E-state index is -4.08. The van der Waals surface area contributed by atoms with Crippen LogP contribution in [0.4, 0.5) is 5.69 Å². The van der Waals surface area contributed by atoms with E-state index < -0.39 is 28.5 Å². The standard InChI is InChI=1S/C33H41N3O4S/c1-24-17-19-31(20-18-24)41(39,40)36(30-16-10-11-25(2)21-30)23-32(37)35(22-28-13-9-8-12-26(28)3)27(4)33(38)34-29-14-6-5-7-15-29/h8-13,16-21,27,29H,5-7,14-15,22-23H2,1-4H3,(H,34,38)/t27-/m1/s1. The van der Waals surface area contributed by atoms with Gasteiger partial charge in [-0.1, -0.05) is 73.4 Å². The Morgan fingerprint density at radius 1 is 0.878 bits per heavy atom. The number of rotatable bonds is 10. The lowest BCUT2D eigenvalue weighted by Crippen LogP contribution is -2.53. The van der Waals surface area contributed by atoms with Crippen molar-refractivity contribution in [2.24, 2.45) is 0 Å². The summed E-state index contributed by atoms with van der Waals surface area (Å²) in [4.78, 5) is 29.2. The Kier molecular flexibility index (Phi) is 9.86. The van der Waals surface area contributed by atoms with Crippen molar-refractivity contribution in [3.8, 4) is 0 Å². The van der Waals surface area contributed by atoms with Crippen molar-refractivity contribution >= 4 is 27.5 Å². The number of amides is 2. The Labute approximate surface area is 244 Å². The predicted octanol–water partition coefficient (Wildman–Crippen LogP) is 5.67. The third-order valence-corrected chi connectivity index (χ3v) is 9.69. The molecule has 218 valence electrons. The van der Waals surface area contributed by atoms with Crippen molar-refractivity contribution in [2.75, 3.05) is 10.8 Å². The van der Waals surface area contributed by atoms with Gasteiger partial charge in [-0.2, -0.15) is 0 Å². The Morgan fingerprint density at radius 2 is 1.56 bits per heavy atom. The molecule has 3 aromatic rings. The Balaban J connectivity index is 1.68. The molecule has 0 aliphatic heterocycles. The molecule has 1 N–H and O–H groups in total. The second-order valence-electron chi connectivity index (χ2n) is 11.1. The predicted molar refractivity (Wildman–Crippen MR) is 163 cm³/mol. The molecule has 4 rings (SSSR count). The molecule has 0 heterocycles. The highest BCUT2D eigenvalue weighted by atomic mass is 32.2. The molecule has 0 unspecified atom stereocenters. The highest BCUT2D eigenvalue weighted by Gasteiger charge is 2.33. The van der Waals surface area contributed by atoms with Gasteiger partial charge in [-0.05, 0) is 81.5 Å². The zero-order chi connectivity index (χ0) is 29.6. The maximum absolute atomic E-state index is 14.1. The topological polar surface area (TPSA) is 86.8 Å². The van der Waals surface area contributed by atoms with E-state index in [1.54, 1.807) is 49.4 Å². The van der Waals surface area contributed by atoms with Gasteiger partial charge in [-0.25, -0.2) is 8.42 Å². The number of carbonyl (C=O) groups excluding carboxylic acids is 2. The van der Waals surface area contributed by atoms with Crippen molar-refractivity contribution in [1.29, 1.82) is 0 Å². The molecule has 0 bridgehead atoms. The third kappa shape index (κ3) is 7.55. The summed E-state index contributed by atoms with van der Waals surface area (Å²) in [5, 5.41) is 3.14. The van der Waals surface area contributed by atoms with E-state index in [1.807, 2.05) is 51.1 Å². The van der Waals surface area contributed by atoms with E-state index in [0.29, 0.717) is 5.69 Å². The van der Waals surface area contributed by atoms with Crippen LogP contribution in [0.25, 0.3) is 0 Å². The van der Waals surface area contributed by atoms with Crippen LogP contribution in [-0.2, 0) is 26.2 Å². The second kappa shape index (κ2) is 13.3. The molecule has 0 spiro atoms. The van der Waals surface area contributed by atoms with Crippen LogP contribution in [0.2, 0.25) is 0 Å². The molecular formula is C33H41N3O4S. The SMILES string of the molecule is Cc1ccc(S(=O)(=O)N(CC(=O)N(Cc2ccccc2C)[C@H](C)C(=O)NC2CCCCC2)c2cccc(C)c2)cc1. The van der Waals surface area contributed by atoms with Gasteiger partial charge in [0.2, 0.25) is 11.8 Å². The van der Waals surface area contributed by atoms with Gasteiger partial charge in [0.25, 0.3) is 10.0 Å². The van der Waals surface area contributed by atoms with Crippen molar-refractivity contribution in [1.82, 2.24) is 10.2 Å². The molecule has 3 aromatic carbocycles. The highest BCUT2D eigenvalue weighted by Crippen LogP contribution is 2.26. The second-order valence-corrected chi connectivity index (χ2v) is 13.0. The van der Waals surface area contributed by atoms with E-state index in [0.717, 1.165) is 52.2 Å². The summed E-state index contributed by atoms with van der Waals surface area (Å²) < 4.78 is 29.1. The van der Waals surface area contributed by atoms with Crippen LogP contribution in [-0.4, -0.2) is 43.8 Å². The number of nitrogens with zero attached hydrogens (tertiary/aromatic N) is 2. The molecule has 0 radical (unpaired) electrons. The molecule has 1 fully saturated rings. The van der Waals surface area contributed by atoms with Gasteiger partial charge in [0, 0.05) is 12.6 Å². The number of sulfonamides is 1. The maximum Gasteiger partial charge on any atom is 0.264 e. The van der Waals surface area contributed by atoms with Gasteiger partial charge < -0.3 is 10.2 Å². The van der Waals surface area contributed by atoms with E-state index in [9.17, 15) is 18.0 Å². The fourth-order valence-electron chi connectivity index (χ4n) is 5.27. The molecule has 1 aliphatic carbocycles. The monoisotopic (exact) mass is 575 g/mol. The number of carbonyl (C=O) groups is 2. The molecular weight excluding hydrogens is 534 g/mol. The average Bonchev–Trinajstić information content (AvgIpc) is 2.95. The number of aryl methyl sites for hydroxylation is 3. The van der Waals surface area contributed by atoms with E-state index >= 15 is 0 Å². The number of anilines is 1. The van der Waals surface area contributed by atoms with E-state index in [2.05, 4.69) is 5.32 Å². The minimum absolute atomic E-state index is 0.0971. The first-order valence-corrected chi connectivity index (χ1v) is 15.8. The van der Waals surface area contributed by atoms with Crippen molar-refractivity contribution in [3.63, 3.8) is 0 Å². The summed E-state index contributed by atoms with van der Waals surface area (Å²) >= 11 is 0. The van der Waals surface area contributed by atoms with Crippen LogP contribution in [0.1, 0.15) is 61.3 Å². The van der Waals surface area contributed by atoms with Crippen LogP contribution in [0.15, 0.2) is 77.7 Å². The fourth-order valence-corrected chi connectivity index (χ4v) is 6.68. The highest BCUT2D eigenvalue weighted by molar-refractivity contribution is 7.92. The van der Waals surface area contributed by atoms with Gasteiger partial charge in [-0.15, -0.1) is 0 Å². The minimum Gasteiger partial charge on any atom is -0.352 e. The summed E-state index contributed by atoms with van der Waals surface area (Å²) in [5.74, 6) is -0.668. The Morgan fingerprint density at radius 3 is 2.22 bits per heavy atom. The number of hydrogen-bond donors (Lipinski definition) is 1. The molecule has 2 amide bonds. The summed E-state index contributed by atoms with van der Waals surface area (Å²) in [6.45, 7) is 7.21. The van der Waals surface area contributed by atoms with Gasteiger partial charge >= 0.3 is 0 Å². The van der Waals surface area contributed by atoms with Crippen molar-refractivity contribution < 1.29 is 18.0 Å². The van der Waals surface area contributed by atoms with Crippen molar-refractivity contribution in [2.45, 2.75) is 83.3 Å². The first kappa shape index (κ1) is 30.3. The number of benzene rings is 3. The van der Waals surface area contributed by atoms with E-state index in [-0.39, 0.29) is 23.4 Å². The summed E-state index contributed by atoms with van der Waals surface area (Å²) in [7, 11) is -4.08. The molecule has 1 atom stereocenters.